The largest absolute Gasteiger partial charge is 0.352 e. The van der Waals surface area contributed by atoms with Crippen molar-refractivity contribution in [1.82, 2.24) is 19.8 Å². The van der Waals surface area contributed by atoms with Crippen molar-refractivity contribution in [2.45, 2.75) is 50.8 Å². The van der Waals surface area contributed by atoms with E-state index in [1.807, 2.05) is 18.6 Å². The summed E-state index contributed by atoms with van der Waals surface area (Å²) in [7, 11) is -4.51. The molecule has 0 aliphatic carbocycles. The number of nitriles is 1. The predicted octanol–water partition coefficient (Wildman–Crippen LogP) is 7.53. The van der Waals surface area contributed by atoms with E-state index in [-0.39, 0.29) is 44.6 Å². The average molecular weight is 730 g/mol. The number of nitrogens with zero attached hydrogens (tertiary/aromatic N) is 3. The quantitative estimate of drug-likeness (QED) is 0.120. The maximum absolute atomic E-state index is 15.9. The first kappa shape index (κ1) is 36.9. The number of halogens is 3. The van der Waals surface area contributed by atoms with Gasteiger partial charge in [-0.05, 0) is 66.4 Å². The van der Waals surface area contributed by atoms with Crippen LogP contribution >= 0.6 is 11.6 Å². The lowest BCUT2D eigenvalue weighted by atomic mass is 9.97. The summed E-state index contributed by atoms with van der Waals surface area (Å²) in [4.78, 5) is 25.1. The van der Waals surface area contributed by atoms with Crippen LogP contribution in [0.15, 0.2) is 89.8 Å². The van der Waals surface area contributed by atoms with E-state index in [1.54, 1.807) is 30.3 Å². The Bertz CT molecular complexity index is 2270. The molecule has 5 aromatic rings. The second-order valence-corrected chi connectivity index (χ2v) is 13.8. The van der Waals surface area contributed by atoms with Gasteiger partial charge in [0, 0.05) is 29.7 Å². The summed E-state index contributed by atoms with van der Waals surface area (Å²) < 4.78 is 60.0. The van der Waals surface area contributed by atoms with E-state index in [2.05, 4.69) is 16.5 Å². The third-order valence-corrected chi connectivity index (χ3v) is 9.87. The van der Waals surface area contributed by atoms with Crippen LogP contribution in [0.2, 0.25) is 5.02 Å². The molecule has 0 fully saturated rings. The molecule has 0 radical (unpaired) electrons. The fourth-order valence-electron chi connectivity index (χ4n) is 5.57. The number of aryl methyl sites for hydroxylation is 1. The highest BCUT2D eigenvalue weighted by molar-refractivity contribution is 7.90. The fourth-order valence-corrected chi connectivity index (χ4v) is 6.97. The number of sulfonamides is 1. The molecule has 2 N–H and O–H groups in total. The number of hydrogen-bond donors (Lipinski definition) is 2. The van der Waals surface area contributed by atoms with Crippen LogP contribution in [0.4, 0.5) is 8.78 Å². The summed E-state index contributed by atoms with van der Waals surface area (Å²) in [5.74, 6) is -2.99. The zero-order valence-corrected chi connectivity index (χ0v) is 29.4. The number of carbonyl (C=O) groups excluding carboxylic acids is 2. The van der Waals surface area contributed by atoms with Gasteiger partial charge in [0.1, 0.15) is 23.4 Å². The van der Waals surface area contributed by atoms with E-state index in [9.17, 15) is 27.7 Å². The van der Waals surface area contributed by atoms with Crippen LogP contribution in [0.5, 0.6) is 0 Å². The van der Waals surface area contributed by atoms with Crippen molar-refractivity contribution in [1.29, 1.82) is 5.26 Å². The third-order valence-electron chi connectivity index (χ3n) is 8.17. The van der Waals surface area contributed by atoms with Crippen molar-refractivity contribution >= 4 is 33.4 Å². The Morgan fingerprint density at radius 2 is 1.67 bits per heavy atom. The van der Waals surface area contributed by atoms with Crippen LogP contribution in [-0.4, -0.2) is 36.6 Å². The topological polar surface area (TPSA) is 134 Å². The number of hydrogen-bond acceptors (Lipinski definition) is 6. The Kier molecular flexibility index (Phi) is 11.6. The minimum absolute atomic E-state index is 0.0161. The van der Waals surface area contributed by atoms with Crippen LogP contribution in [0, 0.1) is 23.0 Å². The fraction of sp³-hybridized carbons (Fsp3) is 0.211. The lowest BCUT2D eigenvalue weighted by molar-refractivity contribution is 0.0950. The Hall–Kier alpha value is -5.38. The van der Waals surface area contributed by atoms with Crippen molar-refractivity contribution in [3.8, 4) is 22.9 Å². The second kappa shape index (κ2) is 16.1. The van der Waals surface area contributed by atoms with E-state index in [0.29, 0.717) is 41.9 Å². The zero-order chi connectivity index (χ0) is 36.7. The summed E-state index contributed by atoms with van der Waals surface area (Å²) in [6.07, 6.45) is 2.90. The molecule has 4 aromatic carbocycles. The third kappa shape index (κ3) is 8.17. The summed E-state index contributed by atoms with van der Waals surface area (Å²) >= 11 is 6.56. The van der Waals surface area contributed by atoms with E-state index < -0.39 is 33.1 Å². The Morgan fingerprint density at radius 3 is 2.37 bits per heavy atom. The molecule has 0 aliphatic heterocycles. The Morgan fingerprint density at radius 1 is 0.922 bits per heavy atom. The lowest BCUT2D eigenvalue weighted by Gasteiger charge is -2.13. The maximum Gasteiger partial charge on any atom is 0.267 e. The monoisotopic (exact) mass is 729 g/mol. The van der Waals surface area contributed by atoms with Crippen LogP contribution in [0.1, 0.15) is 76.3 Å². The minimum Gasteiger partial charge on any atom is -0.352 e. The van der Waals surface area contributed by atoms with Crippen molar-refractivity contribution in [2.24, 2.45) is 0 Å². The molecular formula is C38H34ClF2N5O4S. The first-order valence-electron chi connectivity index (χ1n) is 16.3. The smallest absolute Gasteiger partial charge is 0.267 e. The normalized spacial score (nSPS) is 11.2. The van der Waals surface area contributed by atoms with Gasteiger partial charge in [0.05, 0.1) is 26.9 Å². The molecule has 9 nitrogen and oxygen atoms in total. The molecule has 0 spiro atoms. The molecule has 2 amide bonds. The molecule has 0 atom stereocenters. The first-order chi connectivity index (χ1) is 24.5. The number of amides is 2. The number of nitrogens with one attached hydrogen (secondary N) is 2. The summed E-state index contributed by atoms with van der Waals surface area (Å²) in [5, 5.41) is 18.1. The highest BCUT2D eigenvalue weighted by Gasteiger charge is 2.26. The number of benzene rings is 4. The molecule has 0 bridgehead atoms. The zero-order valence-electron chi connectivity index (χ0n) is 27.8. The Balaban J connectivity index is 1.48. The van der Waals surface area contributed by atoms with Gasteiger partial charge in [-0.25, -0.2) is 26.6 Å². The van der Waals surface area contributed by atoms with Gasteiger partial charge in [-0.2, -0.15) is 10.4 Å². The number of rotatable bonds is 13. The molecule has 0 unspecified atom stereocenters. The molecule has 5 rings (SSSR count). The van der Waals surface area contributed by atoms with Crippen molar-refractivity contribution < 1.29 is 26.8 Å². The van der Waals surface area contributed by atoms with E-state index in [4.69, 9.17) is 11.6 Å². The molecule has 0 saturated carbocycles. The molecule has 0 saturated heterocycles. The highest BCUT2D eigenvalue weighted by atomic mass is 35.5. The van der Waals surface area contributed by atoms with Gasteiger partial charge in [-0.1, -0.05) is 80.8 Å². The van der Waals surface area contributed by atoms with Crippen LogP contribution in [0.25, 0.3) is 16.8 Å². The van der Waals surface area contributed by atoms with Gasteiger partial charge in [-0.3, -0.25) is 9.59 Å². The standard InChI is InChI=1S/C38H34ClF2N5O4S/c1-3-5-19-43-37(47)26-17-18-30(39)34(22-26)46-35(23-42)29(33(44-46)10-4-2)20-25-16-15-24(21-32(25)41)27-11-7-9-14-36(27)51(49,50)45-38(48)28-12-6-8-13-31(28)40/h6-9,11-18,21-22H,3-5,10,19-20H2,1-2H3,(H,43,47)(H,45,48). The second-order valence-electron chi connectivity index (χ2n) is 11.7. The molecule has 1 aromatic heterocycles. The molecular weight excluding hydrogens is 696 g/mol. The van der Waals surface area contributed by atoms with Crippen LogP contribution in [-0.2, 0) is 22.9 Å². The highest BCUT2D eigenvalue weighted by Crippen LogP contribution is 2.32. The van der Waals surface area contributed by atoms with Gasteiger partial charge in [0.15, 0.2) is 0 Å². The van der Waals surface area contributed by atoms with E-state index in [0.717, 1.165) is 25.0 Å². The van der Waals surface area contributed by atoms with Crippen LogP contribution < -0.4 is 10.0 Å². The summed E-state index contributed by atoms with van der Waals surface area (Å²) in [6.45, 7) is 4.48. The van der Waals surface area contributed by atoms with Gasteiger partial charge in [0.25, 0.3) is 21.8 Å². The number of aromatic nitrogens is 2. The van der Waals surface area contributed by atoms with Crippen molar-refractivity contribution in [2.75, 3.05) is 6.54 Å². The van der Waals surface area contributed by atoms with Gasteiger partial charge < -0.3 is 5.32 Å². The number of unbranched alkanes of at least 4 members (excludes halogenated alkanes) is 1. The maximum atomic E-state index is 15.9. The molecule has 0 aliphatic rings. The lowest BCUT2D eigenvalue weighted by Crippen LogP contribution is -2.31. The first-order valence-corrected chi connectivity index (χ1v) is 18.1. The van der Waals surface area contributed by atoms with Gasteiger partial charge in [-0.15, -0.1) is 0 Å². The van der Waals surface area contributed by atoms with Gasteiger partial charge in [0.2, 0.25) is 0 Å². The minimum atomic E-state index is -4.51. The predicted molar refractivity (Wildman–Crippen MR) is 190 cm³/mol. The molecule has 1 heterocycles. The van der Waals surface area contributed by atoms with E-state index >= 15 is 4.39 Å². The summed E-state index contributed by atoms with van der Waals surface area (Å²) in [5.41, 5.74) is 1.95. The number of carbonyl (C=O) groups is 2. The SMILES string of the molecule is CCCCNC(=O)c1ccc(Cl)c(-n2nc(CCC)c(Cc3ccc(-c4ccccc4S(=O)(=O)NC(=O)c4ccccc4F)cc3F)c2C#N)c1. The van der Waals surface area contributed by atoms with Crippen molar-refractivity contribution in [3.63, 3.8) is 0 Å². The Labute approximate surface area is 299 Å². The van der Waals surface area contributed by atoms with E-state index in [1.165, 1.54) is 47.1 Å². The van der Waals surface area contributed by atoms with Crippen LogP contribution in [0.3, 0.4) is 0 Å². The molecule has 51 heavy (non-hydrogen) atoms. The average Bonchev–Trinajstić information content (AvgIpc) is 3.45. The van der Waals surface area contributed by atoms with Crippen molar-refractivity contribution in [3.05, 3.63) is 135 Å². The summed E-state index contributed by atoms with van der Waals surface area (Å²) in [6, 6.07) is 21.8. The molecule has 13 heteroatoms. The van der Waals surface area contributed by atoms with Gasteiger partial charge >= 0.3 is 0 Å². The molecule has 262 valence electrons.